The molecule has 1 atom stereocenters. The van der Waals surface area contributed by atoms with Crippen LogP contribution in [0.5, 0.6) is 0 Å². The largest absolute Gasteiger partial charge is 0.326 e. The van der Waals surface area contributed by atoms with Gasteiger partial charge in [-0.2, -0.15) is 0 Å². The molecule has 1 unspecified atom stereocenters. The number of nitro groups is 1. The average molecular weight is 314 g/mol. The molecule has 1 heterocycles. The Morgan fingerprint density at radius 3 is 2.55 bits per heavy atom. The van der Waals surface area contributed by atoms with Crippen molar-refractivity contribution in [3.8, 4) is 0 Å². The maximum atomic E-state index is 11.1. The van der Waals surface area contributed by atoms with E-state index in [1.54, 1.807) is 24.7 Å². The first-order valence-electron chi connectivity index (χ1n) is 6.63. The van der Waals surface area contributed by atoms with E-state index in [1.807, 2.05) is 41.1 Å². The predicted octanol–water partition coefficient (Wildman–Crippen LogP) is 4.08. The van der Waals surface area contributed by atoms with Crippen LogP contribution >= 0.6 is 11.6 Å². The Hall–Kier alpha value is -2.66. The Kier molecular flexibility index (Phi) is 3.89. The molecule has 0 saturated heterocycles. The van der Waals surface area contributed by atoms with Gasteiger partial charge in [0, 0.05) is 18.5 Å². The summed E-state index contributed by atoms with van der Waals surface area (Å²) in [5, 5.41) is 11.3. The van der Waals surface area contributed by atoms with Gasteiger partial charge in [-0.25, -0.2) is 4.98 Å². The fourth-order valence-electron chi connectivity index (χ4n) is 2.43. The van der Waals surface area contributed by atoms with Gasteiger partial charge < -0.3 is 4.57 Å². The molecular formula is C16H12ClN3O2. The van der Waals surface area contributed by atoms with Crippen LogP contribution in [-0.2, 0) is 0 Å². The Morgan fingerprint density at radius 2 is 1.91 bits per heavy atom. The molecule has 110 valence electrons. The zero-order valence-electron chi connectivity index (χ0n) is 11.5. The van der Waals surface area contributed by atoms with E-state index in [2.05, 4.69) is 4.98 Å². The molecular weight excluding hydrogens is 302 g/mol. The number of imidazole rings is 1. The van der Waals surface area contributed by atoms with Crippen LogP contribution in [0.4, 0.5) is 5.69 Å². The summed E-state index contributed by atoms with van der Waals surface area (Å²) in [7, 11) is 0. The Labute approximate surface area is 132 Å². The van der Waals surface area contributed by atoms with Gasteiger partial charge in [-0.15, -0.1) is 0 Å². The quantitative estimate of drug-likeness (QED) is 0.538. The van der Waals surface area contributed by atoms with Crippen molar-refractivity contribution in [3.05, 3.63) is 93.5 Å². The molecule has 0 spiro atoms. The van der Waals surface area contributed by atoms with Crippen LogP contribution in [0.1, 0.15) is 17.2 Å². The zero-order valence-corrected chi connectivity index (χ0v) is 12.2. The number of aromatic nitrogens is 2. The third kappa shape index (κ3) is 2.71. The van der Waals surface area contributed by atoms with Crippen LogP contribution in [0.2, 0.25) is 5.02 Å². The van der Waals surface area contributed by atoms with Crippen LogP contribution in [-0.4, -0.2) is 14.5 Å². The van der Waals surface area contributed by atoms with Crippen molar-refractivity contribution in [1.82, 2.24) is 9.55 Å². The summed E-state index contributed by atoms with van der Waals surface area (Å²) < 4.78 is 1.91. The Morgan fingerprint density at radius 1 is 1.14 bits per heavy atom. The minimum Gasteiger partial charge on any atom is -0.326 e. The molecule has 0 aliphatic carbocycles. The number of halogens is 1. The first-order valence-corrected chi connectivity index (χ1v) is 7.01. The second-order valence-corrected chi connectivity index (χ2v) is 5.20. The first-order chi connectivity index (χ1) is 10.7. The average Bonchev–Trinajstić information content (AvgIpc) is 3.04. The summed E-state index contributed by atoms with van der Waals surface area (Å²) in [6.45, 7) is 0. The first kappa shape index (κ1) is 14.3. The maximum absolute atomic E-state index is 11.1. The van der Waals surface area contributed by atoms with Crippen LogP contribution in [0.25, 0.3) is 0 Å². The molecule has 0 N–H and O–H groups in total. The van der Waals surface area contributed by atoms with E-state index in [0.717, 1.165) is 11.1 Å². The molecule has 0 saturated carbocycles. The molecule has 22 heavy (non-hydrogen) atoms. The number of hydrogen-bond acceptors (Lipinski definition) is 3. The van der Waals surface area contributed by atoms with Gasteiger partial charge in [-0.3, -0.25) is 10.1 Å². The van der Waals surface area contributed by atoms with Crippen molar-refractivity contribution in [1.29, 1.82) is 0 Å². The van der Waals surface area contributed by atoms with Crippen molar-refractivity contribution >= 4 is 17.3 Å². The second kappa shape index (κ2) is 5.99. The third-order valence-electron chi connectivity index (χ3n) is 3.42. The van der Waals surface area contributed by atoms with Gasteiger partial charge in [0.2, 0.25) is 0 Å². The summed E-state index contributed by atoms with van der Waals surface area (Å²) in [6, 6.07) is 14.4. The molecule has 0 radical (unpaired) electrons. The highest BCUT2D eigenvalue weighted by molar-refractivity contribution is 6.32. The van der Waals surface area contributed by atoms with E-state index in [0.29, 0.717) is 0 Å². The fraction of sp³-hybridized carbons (Fsp3) is 0.0625. The number of benzene rings is 2. The van der Waals surface area contributed by atoms with Gasteiger partial charge in [0.25, 0.3) is 5.69 Å². The molecule has 3 rings (SSSR count). The molecule has 5 nitrogen and oxygen atoms in total. The monoisotopic (exact) mass is 313 g/mol. The topological polar surface area (TPSA) is 61.0 Å². The number of nitro benzene ring substituents is 1. The summed E-state index contributed by atoms with van der Waals surface area (Å²) in [5.74, 6) is 0. The predicted molar refractivity (Wildman–Crippen MR) is 84.0 cm³/mol. The molecule has 0 bridgehead atoms. The van der Waals surface area contributed by atoms with Crippen LogP contribution in [0, 0.1) is 10.1 Å². The Balaban J connectivity index is 2.15. The molecule has 1 aromatic heterocycles. The molecule has 2 aromatic carbocycles. The molecule has 0 aliphatic heterocycles. The van der Waals surface area contributed by atoms with E-state index in [-0.39, 0.29) is 16.8 Å². The van der Waals surface area contributed by atoms with Crippen LogP contribution in [0.15, 0.2) is 67.3 Å². The SMILES string of the molecule is O=[N+]([O-])c1cc(C(c2ccccc2)n2ccnc2)ccc1Cl. The molecule has 6 heteroatoms. The highest BCUT2D eigenvalue weighted by atomic mass is 35.5. The lowest BCUT2D eigenvalue weighted by Crippen LogP contribution is -2.11. The molecule has 0 amide bonds. The van der Waals surface area contributed by atoms with Gasteiger partial charge in [-0.05, 0) is 17.2 Å². The summed E-state index contributed by atoms with van der Waals surface area (Å²) >= 11 is 5.91. The van der Waals surface area contributed by atoms with Crippen molar-refractivity contribution in [3.63, 3.8) is 0 Å². The number of hydrogen-bond donors (Lipinski definition) is 0. The van der Waals surface area contributed by atoms with E-state index in [1.165, 1.54) is 6.07 Å². The lowest BCUT2D eigenvalue weighted by molar-refractivity contribution is -0.384. The van der Waals surface area contributed by atoms with Crippen LogP contribution < -0.4 is 0 Å². The van der Waals surface area contributed by atoms with Crippen molar-refractivity contribution in [2.45, 2.75) is 6.04 Å². The summed E-state index contributed by atoms with van der Waals surface area (Å²) in [6.07, 6.45) is 5.20. The molecule has 0 aliphatic rings. The molecule has 3 aromatic rings. The molecule has 0 fully saturated rings. The minimum atomic E-state index is -0.470. The minimum absolute atomic E-state index is 0.0970. The van der Waals surface area contributed by atoms with E-state index < -0.39 is 4.92 Å². The zero-order chi connectivity index (χ0) is 15.5. The standard InChI is InChI=1S/C16H12ClN3O2/c17-14-7-6-13(10-15(14)20(21)22)16(19-9-8-18-11-19)12-4-2-1-3-5-12/h1-11,16H. The van der Waals surface area contributed by atoms with Gasteiger partial charge in [0.1, 0.15) is 5.02 Å². The van der Waals surface area contributed by atoms with Crippen LogP contribution in [0.3, 0.4) is 0 Å². The van der Waals surface area contributed by atoms with Crippen molar-refractivity contribution < 1.29 is 4.92 Å². The Bertz CT molecular complexity index is 788. The lowest BCUT2D eigenvalue weighted by atomic mass is 9.98. The number of rotatable bonds is 4. The van der Waals surface area contributed by atoms with Gasteiger partial charge in [0.05, 0.1) is 17.3 Å². The van der Waals surface area contributed by atoms with E-state index in [4.69, 9.17) is 11.6 Å². The fourth-order valence-corrected chi connectivity index (χ4v) is 2.62. The summed E-state index contributed by atoms with van der Waals surface area (Å²) in [5.41, 5.74) is 1.69. The second-order valence-electron chi connectivity index (χ2n) is 4.79. The van der Waals surface area contributed by atoms with Gasteiger partial charge in [0.15, 0.2) is 0 Å². The van der Waals surface area contributed by atoms with Gasteiger partial charge in [-0.1, -0.05) is 48.0 Å². The highest BCUT2D eigenvalue weighted by Gasteiger charge is 2.20. The summed E-state index contributed by atoms with van der Waals surface area (Å²) in [4.78, 5) is 14.7. The lowest BCUT2D eigenvalue weighted by Gasteiger charge is -2.19. The highest BCUT2D eigenvalue weighted by Crippen LogP contribution is 2.32. The van der Waals surface area contributed by atoms with Gasteiger partial charge >= 0.3 is 0 Å². The normalized spacial score (nSPS) is 12.0. The number of nitrogens with zero attached hydrogens (tertiary/aromatic N) is 3. The maximum Gasteiger partial charge on any atom is 0.288 e. The smallest absolute Gasteiger partial charge is 0.288 e. The van der Waals surface area contributed by atoms with Crippen molar-refractivity contribution in [2.75, 3.05) is 0 Å². The third-order valence-corrected chi connectivity index (χ3v) is 3.74. The van der Waals surface area contributed by atoms with E-state index in [9.17, 15) is 10.1 Å². The van der Waals surface area contributed by atoms with E-state index >= 15 is 0 Å². The van der Waals surface area contributed by atoms with Crippen molar-refractivity contribution in [2.24, 2.45) is 0 Å².